The first-order chi connectivity index (χ1) is 42.6. The van der Waals surface area contributed by atoms with Gasteiger partial charge in [-0.25, -0.2) is 19.2 Å². The molecular formula is C68H96N6O15. The van der Waals surface area contributed by atoms with Crippen molar-refractivity contribution in [1.82, 2.24) is 20.0 Å². The van der Waals surface area contributed by atoms with Crippen LogP contribution in [0.4, 0.5) is 11.4 Å². The van der Waals surface area contributed by atoms with Gasteiger partial charge in [0, 0.05) is 65.1 Å². The highest BCUT2D eigenvalue weighted by Crippen LogP contribution is 2.36. The highest BCUT2D eigenvalue weighted by molar-refractivity contribution is 5.93. The van der Waals surface area contributed by atoms with E-state index in [2.05, 4.69) is 15.1 Å². The second kappa shape index (κ2) is 33.6. The molecule has 4 fully saturated rings. The second-order valence-corrected chi connectivity index (χ2v) is 25.2. The molecule has 89 heavy (non-hydrogen) atoms. The molecule has 3 aromatic rings. The number of hydrogen-bond acceptors (Lipinski definition) is 18. The minimum Gasteiger partial charge on any atom is -0.458 e. The Kier molecular flexibility index (Phi) is 26.2. The summed E-state index contributed by atoms with van der Waals surface area (Å²) in [7, 11) is 6.01. The predicted molar refractivity (Wildman–Crippen MR) is 334 cm³/mol. The van der Waals surface area contributed by atoms with E-state index in [4.69, 9.17) is 33.2 Å². The van der Waals surface area contributed by atoms with E-state index in [-0.39, 0.29) is 56.5 Å². The highest BCUT2D eigenvalue weighted by Gasteiger charge is 2.43. The number of benzene rings is 3. The monoisotopic (exact) mass is 1240 g/mol. The molecule has 7 rings (SSSR count). The zero-order valence-electron chi connectivity index (χ0n) is 53.9. The molecule has 3 aromatic carbocycles. The molecule has 21 heteroatoms. The van der Waals surface area contributed by atoms with Crippen molar-refractivity contribution in [3.63, 3.8) is 0 Å². The fraction of sp³-hybridized carbons (Fsp3) is 0.618. The van der Waals surface area contributed by atoms with Gasteiger partial charge in [-0.1, -0.05) is 108 Å². The smallest absolute Gasteiger partial charge is 0.347 e. The molecule has 0 radical (unpaired) electrons. The molecule has 2 aliphatic heterocycles. The van der Waals surface area contributed by atoms with E-state index in [1.165, 1.54) is 49.7 Å². The Morgan fingerprint density at radius 2 is 0.955 bits per heavy atom. The third-order valence-electron chi connectivity index (χ3n) is 17.1. The Hall–Kier alpha value is -7.10. The second-order valence-electron chi connectivity index (χ2n) is 25.2. The van der Waals surface area contributed by atoms with E-state index in [1.807, 2.05) is 94.4 Å². The summed E-state index contributed by atoms with van der Waals surface area (Å²) in [5.74, 6) is -5.78. The van der Waals surface area contributed by atoms with Crippen molar-refractivity contribution >= 4 is 58.9 Å². The number of amides is 3. The molecule has 21 nitrogen and oxygen atoms in total. The number of hydrogen-bond donors (Lipinski definition) is 1. The number of esters is 5. The Balaban J connectivity index is 1.07. The van der Waals surface area contributed by atoms with E-state index in [1.54, 1.807) is 19.2 Å². The molecule has 0 bridgehead atoms. The highest BCUT2D eigenvalue weighted by atomic mass is 16.6. The first-order valence-corrected chi connectivity index (χ1v) is 31.9. The van der Waals surface area contributed by atoms with Crippen LogP contribution in [0, 0.1) is 23.7 Å². The lowest BCUT2D eigenvalue weighted by atomic mass is 10.0. The normalized spacial score (nSPS) is 17.8. The summed E-state index contributed by atoms with van der Waals surface area (Å²) in [5.41, 5.74) is 4.34. The van der Waals surface area contributed by atoms with Crippen LogP contribution in [0.25, 0.3) is 0 Å². The van der Waals surface area contributed by atoms with Gasteiger partial charge < -0.3 is 63.0 Å². The van der Waals surface area contributed by atoms with Crippen molar-refractivity contribution in [1.29, 1.82) is 0 Å². The quantitative estimate of drug-likeness (QED) is 0.0492. The first-order valence-electron chi connectivity index (χ1n) is 31.9. The van der Waals surface area contributed by atoms with Crippen molar-refractivity contribution in [2.24, 2.45) is 23.7 Å². The molecule has 1 N–H and O–H groups in total. The number of nitrogens with one attached hydrogen (secondary N) is 1. The molecule has 8 atom stereocenters. The van der Waals surface area contributed by atoms with Crippen LogP contribution in [-0.4, -0.2) is 192 Å². The van der Waals surface area contributed by atoms with Crippen molar-refractivity contribution in [2.75, 3.05) is 90.6 Å². The van der Waals surface area contributed by atoms with Crippen molar-refractivity contribution in [3.05, 3.63) is 95.6 Å². The number of carbonyl (C=O) groups excluding carboxylic acids is 8. The van der Waals surface area contributed by atoms with Crippen LogP contribution < -0.4 is 15.1 Å². The van der Waals surface area contributed by atoms with E-state index < -0.39 is 96.2 Å². The van der Waals surface area contributed by atoms with Crippen LogP contribution in [0.2, 0.25) is 0 Å². The number of carbonyl (C=O) groups is 8. The topological polar surface area (TPSA) is 229 Å². The molecule has 488 valence electrons. The molecular weight excluding hydrogens is 1140 g/mol. The van der Waals surface area contributed by atoms with Gasteiger partial charge in [-0.3, -0.25) is 19.2 Å². The van der Waals surface area contributed by atoms with Crippen molar-refractivity contribution in [2.45, 2.75) is 167 Å². The summed E-state index contributed by atoms with van der Waals surface area (Å²) >= 11 is 0. The van der Waals surface area contributed by atoms with Gasteiger partial charge in [0.25, 0.3) is 17.7 Å². The molecule has 2 aliphatic carbocycles. The molecule has 0 spiro atoms. The summed E-state index contributed by atoms with van der Waals surface area (Å²) in [5, 5.41) is 3.06. The fourth-order valence-electron chi connectivity index (χ4n) is 11.2. The van der Waals surface area contributed by atoms with Gasteiger partial charge in [-0.05, 0) is 124 Å². The SMILES string of the molecule is CN[C@@H](CC1CC1)C(=O)O[C@H](CCc1ccc(N2CCOCC2)cc1)C(=O)N(C)[C@@H](CC(C)C)C(=O)O[C@H](C)C(=O)N(C)[C@@H](CC1CC1)C(=O)O[C@H](Cc1ccc(N2CCOCC2)cc1)C(=O)N(C)[C@@H](CC(C)C)C(=O)O[C@H](C)C(=O)OCc1ccccc1. The molecule has 2 saturated heterocycles. The van der Waals surface area contributed by atoms with Gasteiger partial charge >= 0.3 is 29.8 Å². The van der Waals surface area contributed by atoms with Crippen LogP contribution in [0.1, 0.15) is 116 Å². The summed E-state index contributed by atoms with van der Waals surface area (Å²) in [6.07, 6.45) is -0.440. The van der Waals surface area contributed by atoms with Gasteiger partial charge in [0.05, 0.1) is 26.4 Å². The maximum absolute atomic E-state index is 15.0. The predicted octanol–water partition coefficient (Wildman–Crippen LogP) is 6.73. The number of rotatable bonds is 33. The fourth-order valence-corrected chi connectivity index (χ4v) is 11.2. The average molecular weight is 1240 g/mol. The van der Waals surface area contributed by atoms with Crippen molar-refractivity contribution < 1.29 is 71.5 Å². The number of aryl methyl sites for hydroxylation is 1. The number of anilines is 2. The largest absolute Gasteiger partial charge is 0.458 e. The molecule has 4 aliphatic rings. The van der Waals surface area contributed by atoms with Gasteiger partial charge in [-0.15, -0.1) is 0 Å². The zero-order chi connectivity index (χ0) is 64.3. The van der Waals surface area contributed by atoms with Crippen molar-refractivity contribution in [3.8, 4) is 0 Å². The summed E-state index contributed by atoms with van der Waals surface area (Å²) < 4.78 is 40.5. The Morgan fingerprint density at radius 3 is 1.45 bits per heavy atom. The Labute approximate surface area is 525 Å². The molecule has 2 saturated carbocycles. The minimum atomic E-state index is -1.51. The molecule has 2 heterocycles. The lowest BCUT2D eigenvalue weighted by molar-refractivity contribution is -0.175. The van der Waals surface area contributed by atoms with Crippen LogP contribution in [0.3, 0.4) is 0 Å². The third-order valence-corrected chi connectivity index (χ3v) is 17.1. The average Bonchev–Trinajstić information content (AvgIpc) is 4.53. The Bertz CT molecular complexity index is 2800. The Morgan fingerprint density at radius 1 is 0.506 bits per heavy atom. The van der Waals surface area contributed by atoms with E-state index in [0.717, 1.165) is 61.3 Å². The lowest BCUT2D eigenvalue weighted by Gasteiger charge is -2.34. The lowest BCUT2D eigenvalue weighted by Crippen LogP contribution is -2.53. The van der Waals surface area contributed by atoms with E-state index in [0.29, 0.717) is 63.8 Å². The number of likely N-dealkylation sites (N-methyl/N-ethyl adjacent to an activating group) is 4. The maximum Gasteiger partial charge on any atom is 0.347 e. The molecule has 3 amide bonds. The van der Waals surface area contributed by atoms with Crippen LogP contribution in [0.15, 0.2) is 78.9 Å². The number of ether oxygens (including phenoxy) is 7. The van der Waals surface area contributed by atoms with E-state index in [9.17, 15) is 33.6 Å². The van der Waals surface area contributed by atoms with Crippen LogP contribution in [-0.2, 0) is 91.0 Å². The summed E-state index contributed by atoms with van der Waals surface area (Å²) in [6, 6.07) is 20.4. The summed E-state index contributed by atoms with van der Waals surface area (Å²) in [6.45, 7) is 15.7. The first kappa shape index (κ1) is 69.4. The minimum absolute atomic E-state index is 0.0330. The standard InChI is InChI=1S/C68H96N6O15/c1-44(2)38-56(71(9)62(76)59(88-65(79)55(69-7)40-49-16-17-49)29-24-48-20-25-53(26-21-48)73-30-34-83-35-31-73)66(80)86-46(5)61(75)70(8)58(41-50-18-19-50)68(82)89-60(42-51-22-27-54(28-23-51)74-32-36-84-37-33-74)63(77)72(10)57(39-45(3)4)67(81)87-47(6)64(78)85-43-52-14-12-11-13-15-52/h11-15,20-23,25-28,44-47,49-50,55-60,69H,16-19,24,29-43H2,1-10H3/t46-,47-,55+,56+,57+,58+,59-,60-/m1/s1. The van der Waals surface area contributed by atoms with Gasteiger partial charge in [0.1, 0.15) is 30.8 Å². The molecule has 0 aromatic heterocycles. The van der Waals surface area contributed by atoms with E-state index >= 15 is 4.79 Å². The van der Waals surface area contributed by atoms with Gasteiger partial charge in [-0.2, -0.15) is 0 Å². The maximum atomic E-state index is 15.0. The van der Waals surface area contributed by atoms with Gasteiger partial charge in [0.2, 0.25) is 0 Å². The molecule has 0 unspecified atom stereocenters. The number of nitrogens with zero attached hydrogens (tertiary/aromatic N) is 5. The summed E-state index contributed by atoms with van der Waals surface area (Å²) in [4.78, 5) is 123. The number of morpholine rings is 2. The van der Waals surface area contributed by atoms with Crippen LogP contribution in [0.5, 0.6) is 0 Å². The zero-order valence-corrected chi connectivity index (χ0v) is 53.9. The third kappa shape index (κ3) is 21.0. The van der Waals surface area contributed by atoms with Gasteiger partial charge in [0.15, 0.2) is 24.4 Å². The van der Waals surface area contributed by atoms with Crippen LogP contribution >= 0.6 is 0 Å².